The van der Waals surface area contributed by atoms with Crippen molar-refractivity contribution in [3.05, 3.63) is 78.1 Å². The Balaban J connectivity index is 1.55. The summed E-state index contributed by atoms with van der Waals surface area (Å²) in [6.07, 6.45) is 1.33. The molecule has 8 nitrogen and oxygen atoms in total. The molecule has 31 heavy (non-hydrogen) atoms. The van der Waals surface area contributed by atoms with E-state index in [1.165, 1.54) is 12.4 Å². The van der Waals surface area contributed by atoms with Gasteiger partial charge >= 0.3 is 6.18 Å². The van der Waals surface area contributed by atoms with Gasteiger partial charge in [-0.1, -0.05) is 24.3 Å². The summed E-state index contributed by atoms with van der Waals surface area (Å²) >= 11 is 0. The van der Waals surface area contributed by atoms with Gasteiger partial charge in [0, 0.05) is 35.6 Å². The van der Waals surface area contributed by atoms with E-state index in [0.717, 1.165) is 17.0 Å². The number of rotatable bonds is 4. The molecule has 0 fully saturated rings. The van der Waals surface area contributed by atoms with Crippen LogP contribution in [-0.2, 0) is 6.18 Å². The predicted octanol–water partition coefficient (Wildman–Crippen LogP) is 3.88. The first-order chi connectivity index (χ1) is 14.8. The fourth-order valence-electron chi connectivity index (χ4n) is 2.87. The summed E-state index contributed by atoms with van der Waals surface area (Å²) in [6.45, 7) is 0. The van der Waals surface area contributed by atoms with Gasteiger partial charge in [-0.2, -0.15) is 18.3 Å². The maximum Gasteiger partial charge on any atom is 0.417 e. The quantitative estimate of drug-likeness (QED) is 0.459. The molecule has 0 saturated carbocycles. The van der Waals surface area contributed by atoms with Crippen molar-refractivity contribution < 1.29 is 22.8 Å². The molecule has 0 bridgehead atoms. The fraction of sp³-hybridized carbons (Fsp3) is 0.0500. The summed E-state index contributed by atoms with van der Waals surface area (Å²) in [5, 5.41) is 12.9. The molecule has 0 aliphatic heterocycles. The third kappa shape index (κ3) is 4.20. The molecule has 1 aromatic carbocycles. The Kier molecular flexibility index (Phi) is 5.07. The van der Waals surface area contributed by atoms with Crippen LogP contribution in [0.25, 0.3) is 10.8 Å². The highest BCUT2D eigenvalue weighted by atomic mass is 19.4. The van der Waals surface area contributed by atoms with E-state index in [2.05, 4.69) is 30.8 Å². The Morgan fingerprint density at radius 2 is 1.65 bits per heavy atom. The number of carbonyl (C=O) groups is 2. The molecule has 3 N–H and O–H groups in total. The summed E-state index contributed by atoms with van der Waals surface area (Å²) in [7, 11) is 0. The van der Waals surface area contributed by atoms with Gasteiger partial charge in [0.2, 0.25) is 0 Å². The zero-order valence-corrected chi connectivity index (χ0v) is 15.6. The van der Waals surface area contributed by atoms with E-state index in [9.17, 15) is 22.8 Å². The van der Waals surface area contributed by atoms with Crippen molar-refractivity contribution in [2.45, 2.75) is 6.18 Å². The van der Waals surface area contributed by atoms with Crippen LogP contribution in [0.3, 0.4) is 0 Å². The first-order valence-electron chi connectivity index (χ1n) is 8.84. The van der Waals surface area contributed by atoms with Crippen LogP contribution >= 0.6 is 0 Å². The average Bonchev–Trinajstić information content (AvgIpc) is 3.22. The minimum absolute atomic E-state index is 0.00638. The highest BCUT2D eigenvalue weighted by Crippen LogP contribution is 2.29. The Morgan fingerprint density at radius 3 is 2.45 bits per heavy atom. The summed E-state index contributed by atoms with van der Waals surface area (Å²) in [5.41, 5.74) is -1.10. The molecule has 11 heteroatoms. The number of aromatic amines is 1. The number of hydrogen-bond donors (Lipinski definition) is 3. The number of anilines is 2. The van der Waals surface area contributed by atoms with Crippen LogP contribution < -0.4 is 10.6 Å². The topological polar surface area (TPSA) is 113 Å². The van der Waals surface area contributed by atoms with Gasteiger partial charge in [-0.3, -0.25) is 24.7 Å². The van der Waals surface area contributed by atoms with Crippen LogP contribution in [0, 0.1) is 0 Å². The number of aromatic nitrogens is 4. The Labute approximate surface area is 172 Å². The van der Waals surface area contributed by atoms with Crippen molar-refractivity contribution in [2.75, 3.05) is 10.6 Å². The summed E-state index contributed by atoms with van der Waals surface area (Å²) in [6, 6.07) is 7.95. The maximum atomic E-state index is 12.9. The molecule has 4 aromatic rings. The molecule has 0 saturated heterocycles. The number of H-pyrrole nitrogens is 1. The number of halogens is 3. The molecule has 0 radical (unpaired) electrons. The fourth-order valence-corrected chi connectivity index (χ4v) is 2.87. The van der Waals surface area contributed by atoms with Crippen LogP contribution in [0.1, 0.15) is 26.4 Å². The van der Waals surface area contributed by atoms with E-state index in [1.807, 2.05) is 12.1 Å². The van der Waals surface area contributed by atoms with E-state index in [0.29, 0.717) is 18.0 Å². The molecular formula is C20H13F3N6O2. The van der Waals surface area contributed by atoms with Crippen molar-refractivity contribution in [1.82, 2.24) is 20.2 Å². The minimum Gasteiger partial charge on any atom is -0.319 e. The zero-order chi connectivity index (χ0) is 22.0. The van der Waals surface area contributed by atoms with Crippen LogP contribution in [0.5, 0.6) is 0 Å². The predicted molar refractivity (Wildman–Crippen MR) is 105 cm³/mol. The van der Waals surface area contributed by atoms with Gasteiger partial charge in [0.1, 0.15) is 0 Å². The number of hydrogen-bond acceptors (Lipinski definition) is 5. The minimum atomic E-state index is -4.64. The third-order valence-electron chi connectivity index (χ3n) is 4.35. The average molecular weight is 426 g/mol. The van der Waals surface area contributed by atoms with Crippen molar-refractivity contribution in [3.8, 4) is 0 Å². The number of carbonyl (C=O) groups excluding carboxylic acids is 2. The molecule has 3 heterocycles. The lowest BCUT2D eigenvalue weighted by atomic mass is 10.1. The first kappa shape index (κ1) is 20.0. The highest BCUT2D eigenvalue weighted by Gasteiger charge is 2.31. The van der Waals surface area contributed by atoms with Crippen LogP contribution in [0.15, 0.2) is 61.3 Å². The van der Waals surface area contributed by atoms with E-state index >= 15 is 0 Å². The SMILES string of the molecule is O=C(Nc1c[nH]nc1C(=O)Nc1cncc2ccccc12)c1cncc(C(F)(F)F)c1. The van der Waals surface area contributed by atoms with Gasteiger partial charge < -0.3 is 10.6 Å². The standard InChI is InChI=1S/C20H13F3N6O2/c21-20(22,23)13-5-12(7-24-8-13)18(30)28-16-10-26-29-17(16)19(31)27-15-9-25-6-11-3-1-2-4-14(11)15/h1-10H,(H,26,29)(H,27,31)(H,28,30). The summed E-state index contributed by atoms with van der Waals surface area (Å²) in [5.74, 6) is -1.52. The molecule has 156 valence electrons. The van der Waals surface area contributed by atoms with Gasteiger partial charge in [0.25, 0.3) is 11.8 Å². The number of pyridine rings is 2. The Hall–Kier alpha value is -4.28. The van der Waals surface area contributed by atoms with Crippen LogP contribution in [0.2, 0.25) is 0 Å². The lowest BCUT2D eigenvalue weighted by molar-refractivity contribution is -0.137. The molecule has 0 aliphatic carbocycles. The smallest absolute Gasteiger partial charge is 0.319 e. The second-order valence-electron chi connectivity index (χ2n) is 6.42. The van der Waals surface area contributed by atoms with Crippen molar-refractivity contribution in [1.29, 1.82) is 0 Å². The number of alkyl halides is 3. The number of benzene rings is 1. The number of nitrogens with zero attached hydrogens (tertiary/aromatic N) is 3. The molecule has 3 aromatic heterocycles. The summed E-state index contributed by atoms with van der Waals surface area (Å²) < 4.78 is 38.6. The van der Waals surface area contributed by atoms with E-state index in [1.54, 1.807) is 18.3 Å². The Morgan fingerprint density at radius 1 is 0.903 bits per heavy atom. The van der Waals surface area contributed by atoms with Gasteiger partial charge in [-0.05, 0) is 6.07 Å². The molecule has 0 atom stereocenters. The van der Waals surface area contributed by atoms with E-state index in [4.69, 9.17) is 0 Å². The molecule has 0 aliphatic rings. The van der Waals surface area contributed by atoms with Crippen molar-refractivity contribution in [3.63, 3.8) is 0 Å². The number of nitrogens with one attached hydrogen (secondary N) is 3. The lowest BCUT2D eigenvalue weighted by Gasteiger charge is -2.10. The second-order valence-corrected chi connectivity index (χ2v) is 6.42. The lowest BCUT2D eigenvalue weighted by Crippen LogP contribution is -2.19. The summed E-state index contributed by atoms with van der Waals surface area (Å²) in [4.78, 5) is 32.6. The molecule has 0 unspecified atom stereocenters. The third-order valence-corrected chi connectivity index (χ3v) is 4.35. The second kappa shape index (κ2) is 7.86. The zero-order valence-electron chi connectivity index (χ0n) is 15.6. The van der Waals surface area contributed by atoms with Gasteiger partial charge in [0.15, 0.2) is 5.69 Å². The number of fused-ring (bicyclic) bond motifs is 1. The highest BCUT2D eigenvalue weighted by molar-refractivity contribution is 6.13. The van der Waals surface area contributed by atoms with Gasteiger partial charge in [0.05, 0.1) is 28.7 Å². The van der Waals surface area contributed by atoms with Gasteiger partial charge in [-0.15, -0.1) is 0 Å². The molecule has 2 amide bonds. The van der Waals surface area contributed by atoms with E-state index < -0.39 is 23.6 Å². The van der Waals surface area contributed by atoms with Crippen LogP contribution in [0.4, 0.5) is 24.5 Å². The largest absolute Gasteiger partial charge is 0.417 e. The van der Waals surface area contributed by atoms with E-state index in [-0.39, 0.29) is 16.9 Å². The van der Waals surface area contributed by atoms with Gasteiger partial charge in [-0.25, -0.2) is 0 Å². The normalized spacial score (nSPS) is 11.3. The van der Waals surface area contributed by atoms with Crippen LogP contribution in [-0.4, -0.2) is 32.0 Å². The Bertz CT molecular complexity index is 1280. The van der Waals surface area contributed by atoms with Crippen molar-refractivity contribution in [2.24, 2.45) is 0 Å². The molecule has 0 spiro atoms. The van der Waals surface area contributed by atoms with Crippen molar-refractivity contribution >= 4 is 34.0 Å². The molecular weight excluding hydrogens is 413 g/mol. The monoisotopic (exact) mass is 426 g/mol. The number of amides is 2. The maximum absolute atomic E-state index is 12.9. The molecule has 4 rings (SSSR count). The first-order valence-corrected chi connectivity index (χ1v) is 8.84.